The van der Waals surface area contributed by atoms with Crippen molar-refractivity contribution in [2.45, 2.75) is 25.9 Å². The monoisotopic (exact) mass is 229 g/mol. The third-order valence-electron chi connectivity index (χ3n) is 1.70. The summed E-state index contributed by atoms with van der Waals surface area (Å²) in [4.78, 5) is 4.01. The average Bonchev–Trinajstić information content (AvgIpc) is 2.04. The molecule has 0 aliphatic heterocycles. The largest absolute Gasteiger partial charge is 0.393 e. The lowest BCUT2D eigenvalue weighted by Gasteiger charge is -2.06. The Kier molecular flexibility index (Phi) is 3.69. The van der Waals surface area contributed by atoms with Crippen molar-refractivity contribution in [1.29, 1.82) is 0 Å². The highest BCUT2D eigenvalue weighted by molar-refractivity contribution is 9.10. The third kappa shape index (κ3) is 2.91. The predicted molar refractivity (Wildman–Crippen MR) is 51.9 cm³/mol. The van der Waals surface area contributed by atoms with E-state index in [2.05, 4.69) is 20.9 Å². The number of hydrogen-bond acceptors (Lipinski definition) is 2. The predicted octanol–water partition coefficient (Wildman–Crippen LogP) is 2.16. The van der Waals surface area contributed by atoms with Gasteiger partial charge < -0.3 is 5.11 Å². The molecule has 0 aliphatic rings. The van der Waals surface area contributed by atoms with Crippen LogP contribution in [0.1, 0.15) is 18.9 Å². The molecule has 0 aromatic carbocycles. The molecule has 2 nitrogen and oxygen atoms in total. The van der Waals surface area contributed by atoms with Crippen LogP contribution in [0.3, 0.4) is 0 Å². The highest BCUT2D eigenvalue weighted by Crippen LogP contribution is 2.11. The number of halogens is 1. The molecular weight excluding hydrogens is 218 g/mol. The summed E-state index contributed by atoms with van der Waals surface area (Å²) in [5, 5.41) is 9.36. The van der Waals surface area contributed by atoms with Crippen molar-refractivity contribution in [3.05, 3.63) is 28.5 Å². The lowest BCUT2D eigenvalue weighted by molar-refractivity contribution is 0.170. The van der Waals surface area contributed by atoms with Gasteiger partial charge in [-0.1, -0.05) is 6.92 Å². The zero-order valence-corrected chi connectivity index (χ0v) is 8.58. The Bertz CT molecular complexity index is 252. The quantitative estimate of drug-likeness (QED) is 0.863. The van der Waals surface area contributed by atoms with Crippen LogP contribution in [0, 0.1) is 0 Å². The van der Waals surface area contributed by atoms with Crippen LogP contribution in [-0.4, -0.2) is 16.2 Å². The van der Waals surface area contributed by atoms with Gasteiger partial charge in [-0.15, -0.1) is 0 Å². The normalized spacial score (nSPS) is 12.9. The Morgan fingerprint density at radius 3 is 2.92 bits per heavy atom. The van der Waals surface area contributed by atoms with Crippen molar-refractivity contribution in [2.75, 3.05) is 0 Å². The molecule has 66 valence electrons. The molecule has 0 amide bonds. The molecule has 1 heterocycles. The SMILES string of the molecule is CCC(O)Cc1cncc(Br)c1. The molecule has 1 aromatic heterocycles. The van der Waals surface area contributed by atoms with Gasteiger partial charge in [0.2, 0.25) is 0 Å². The molecule has 0 saturated carbocycles. The van der Waals surface area contributed by atoms with Crippen molar-refractivity contribution in [3.8, 4) is 0 Å². The van der Waals surface area contributed by atoms with E-state index in [4.69, 9.17) is 0 Å². The first-order chi connectivity index (χ1) is 5.72. The number of aromatic nitrogens is 1. The number of pyridine rings is 1. The number of hydrogen-bond donors (Lipinski definition) is 1. The van der Waals surface area contributed by atoms with E-state index in [1.54, 1.807) is 12.4 Å². The first-order valence-corrected chi connectivity index (χ1v) is 4.79. The maximum absolute atomic E-state index is 9.36. The Morgan fingerprint density at radius 2 is 2.33 bits per heavy atom. The van der Waals surface area contributed by atoms with Gasteiger partial charge in [-0.25, -0.2) is 0 Å². The molecule has 0 saturated heterocycles. The number of aliphatic hydroxyl groups is 1. The van der Waals surface area contributed by atoms with Gasteiger partial charge >= 0.3 is 0 Å². The van der Waals surface area contributed by atoms with E-state index in [1.807, 2.05) is 13.0 Å². The second-order valence-corrected chi connectivity index (χ2v) is 3.69. The number of rotatable bonds is 3. The van der Waals surface area contributed by atoms with Crippen LogP contribution < -0.4 is 0 Å². The second kappa shape index (κ2) is 4.58. The van der Waals surface area contributed by atoms with E-state index in [-0.39, 0.29) is 6.10 Å². The summed E-state index contributed by atoms with van der Waals surface area (Å²) in [6.45, 7) is 1.97. The third-order valence-corrected chi connectivity index (χ3v) is 2.14. The molecule has 0 fully saturated rings. The van der Waals surface area contributed by atoms with Gasteiger partial charge in [0, 0.05) is 16.9 Å². The zero-order valence-electron chi connectivity index (χ0n) is 7.00. The van der Waals surface area contributed by atoms with Gasteiger partial charge in [0.05, 0.1) is 6.10 Å². The highest BCUT2D eigenvalue weighted by Gasteiger charge is 2.02. The van der Waals surface area contributed by atoms with E-state index >= 15 is 0 Å². The van der Waals surface area contributed by atoms with E-state index in [1.165, 1.54) is 0 Å². The van der Waals surface area contributed by atoms with Crippen LogP contribution in [0.5, 0.6) is 0 Å². The maximum Gasteiger partial charge on any atom is 0.0578 e. The van der Waals surface area contributed by atoms with Crippen LogP contribution in [0.2, 0.25) is 0 Å². The van der Waals surface area contributed by atoms with E-state index < -0.39 is 0 Å². The summed E-state index contributed by atoms with van der Waals surface area (Å²) < 4.78 is 0.961. The van der Waals surface area contributed by atoms with E-state index in [0.717, 1.165) is 16.5 Å². The molecule has 0 aliphatic carbocycles. The van der Waals surface area contributed by atoms with Gasteiger partial charge in [0.25, 0.3) is 0 Å². The number of nitrogens with zero attached hydrogens (tertiary/aromatic N) is 1. The molecule has 1 N–H and O–H groups in total. The van der Waals surface area contributed by atoms with Gasteiger partial charge in [-0.2, -0.15) is 0 Å². The van der Waals surface area contributed by atoms with Crippen molar-refractivity contribution in [2.24, 2.45) is 0 Å². The summed E-state index contributed by atoms with van der Waals surface area (Å²) in [6, 6.07) is 1.98. The average molecular weight is 230 g/mol. The molecule has 12 heavy (non-hydrogen) atoms. The Hall–Kier alpha value is -0.410. The second-order valence-electron chi connectivity index (χ2n) is 2.78. The van der Waals surface area contributed by atoms with Crippen LogP contribution in [-0.2, 0) is 6.42 Å². The fraction of sp³-hybridized carbons (Fsp3) is 0.444. The molecule has 1 aromatic rings. The lowest BCUT2D eigenvalue weighted by atomic mass is 10.1. The smallest absolute Gasteiger partial charge is 0.0578 e. The first-order valence-electron chi connectivity index (χ1n) is 4.00. The van der Waals surface area contributed by atoms with Crippen LogP contribution >= 0.6 is 15.9 Å². The summed E-state index contributed by atoms with van der Waals surface area (Å²) in [7, 11) is 0. The van der Waals surface area contributed by atoms with Crippen molar-refractivity contribution in [1.82, 2.24) is 4.98 Å². The first kappa shape index (κ1) is 9.68. The fourth-order valence-corrected chi connectivity index (χ4v) is 1.40. The standard InChI is InChI=1S/C9H12BrNO/c1-2-9(12)4-7-3-8(10)6-11-5-7/h3,5-6,9,12H,2,4H2,1H3. The van der Waals surface area contributed by atoms with Crippen molar-refractivity contribution >= 4 is 15.9 Å². The molecular formula is C9H12BrNO. The van der Waals surface area contributed by atoms with Gasteiger partial charge in [-0.3, -0.25) is 4.98 Å². The fourth-order valence-electron chi connectivity index (χ4n) is 0.984. The minimum absolute atomic E-state index is 0.249. The Morgan fingerprint density at radius 1 is 1.58 bits per heavy atom. The molecule has 0 bridgehead atoms. The van der Waals surface area contributed by atoms with Crippen molar-refractivity contribution < 1.29 is 5.11 Å². The summed E-state index contributed by atoms with van der Waals surface area (Å²) in [5.74, 6) is 0. The zero-order chi connectivity index (χ0) is 8.97. The van der Waals surface area contributed by atoms with Crippen LogP contribution in [0.15, 0.2) is 22.9 Å². The Balaban J connectivity index is 2.63. The molecule has 1 atom stereocenters. The minimum atomic E-state index is -0.249. The van der Waals surface area contributed by atoms with Crippen LogP contribution in [0.25, 0.3) is 0 Å². The van der Waals surface area contributed by atoms with E-state index in [0.29, 0.717) is 6.42 Å². The maximum atomic E-state index is 9.36. The van der Waals surface area contributed by atoms with Crippen LogP contribution in [0.4, 0.5) is 0 Å². The molecule has 3 heteroatoms. The molecule has 0 spiro atoms. The molecule has 0 radical (unpaired) electrons. The van der Waals surface area contributed by atoms with Gasteiger partial charge in [-0.05, 0) is 40.4 Å². The molecule has 1 rings (SSSR count). The lowest BCUT2D eigenvalue weighted by Crippen LogP contribution is -2.08. The highest BCUT2D eigenvalue weighted by atomic mass is 79.9. The van der Waals surface area contributed by atoms with Crippen molar-refractivity contribution in [3.63, 3.8) is 0 Å². The van der Waals surface area contributed by atoms with Gasteiger partial charge in [0.1, 0.15) is 0 Å². The summed E-state index contributed by atoms with van der Waals surface area (Å²) in [6.07, 6.45) is 4.74. The minimum Gasteiger partial charge on any atom is -0.393 e. The summed E-state index contributed by atoms with van der Waals surface area (Å²) in [5.41, 5.74) is 1.07. The van der Waals surface area contributed by atoms with E-state index in [9.17, 15) is 5.11 Å². The number of aliphatic hydroxyl groups excluding tert-OH is 1. The molecule has 1 unspecified atom stereocenters. The Labute approximate surface area is 80.8 Å². The van der Waals surface area contributed by atoms with Gasteiger partial charge in [0.15, 0.2) is 0 Å². The topological polar surface area (TPSA) is 33.1 Å². The summed E-state index contributed by atoms with van der Waals surface area (Å²) >= 11 is 3.33.